The first-order valence-corrected chi connectivity index (χ1v) is 11.8. The topological polar surface area (TPSA) is 63.5 Å². The van der Waals surface area contributed by atoms with Gasteiger partial charge in [-0.3, -0.25) is 0 Å². The molecule has 170 valence electrons. The fraction of sp³-hybridized carbons (Fsp3) is 0.333. The molecule has 0 unspecified atom stereocenters. The molecule has 0 atom stereocenters. The van der Waals surface area contributed by atoms with Crippen molar-refractivity contribution >= 4 is 17.3 Å². The number of nitrogens with one attached hydrogen (secondary N) is 2. The first-order chi connectivity index (χ1) is 16.1. The first kappa shape index (κ1) is 21.5. The predicted octanol–water partition coefficient (Wildman–Crippen LogP) is 5.17. The molecule has 0 aliphatic carbocycles. The Hall–Kier alpha value is -3.38. The number of anilines is 2. The summed E-state index contributed by atoms with van der Waals surface area (Å²) in [7, 11) is 0. The number of fused-ring (bicyclic) bond motifs is 2. The van der Waals surface area contributed by atoms with E-state index < -0.39 is 0 Å². The number of rotatable bonds is 6. The molecule has 4 aromatic rings. The highest BCUT2D eigenvalue weighted by Crippen LogP contribution is 2.34. The molecule has 0 saturated carbocycles. The normalized spacial score (nSPS) is 13.7. The lowest BCUT2D eigenvalue weighted by atomic mass is 10.0. The number of ether oxygens (including phenoxy) is 1. The predicted molar refractivity (Wildman–Crippen MR) is 133 cm³/mol. The second kappa shape index (κ2) is 9.24. The maximum absolute atomic E-state index is 6.14. The van der Waals surface area contributed by atoms with Gasteiger partial charge in [-0.2, -0.15) is 4.98 Å². The Labute approximate surface area is 195 Å². The zero-order chi connectivity index (χ0) is 22.8. The maximum atomic E-state index is 6.14. The summed E-state index contributed by atoms with van der Waals surface area (Å²) in [6.07, 6.45) is 4.05. The van der Waals surface area contributed by atoms with E-state index in [1.54, 1.807) is 0 Å². The van der Waals surface area contributed by atoms with Gasteiger partial charge in [0.05, 0.1) is 6.61 Å². The van der Waals surface area contributed by atoms with Gasteiger partial charge >= 0.3 is 0 Å². The molecule has 6 nitrogen and oxygen atoms in total. The lowest BCUT2D eigenvalue weighted by Gasteiger charge is -2.14. The molecule has 0 bridgehead atoms. The third-order valence-electron chi connectivity index (χ3n) is 5.96. The molecule has 2 N–H and O–H groups in total. The third kappa shape index (κ3) is 4.71. The lowest BCUT2D eigenvalue weighted by Crippen LogP contribution is -2.16. The van der Waals surface area contributed by atoms with Gasteiger partial charge in [0.25, 0.3) is 0 Å². The lowest BCUT2D eigenvalue weighted by molar-refractivity contribution is 0.272. The van der Waals surface area contributed by atoms with Crippen molar-refractivity contribution < 1.29 is 4.74 Å². The van der Waals surface area contributed by atoms with Crippen molar-refractivity contribution in [3.05, 3.63) is 71.4 Å². The minimum atomic E-state index is 0.454. The summed E-state index contributed by atoms with van der Waals surface area (Å²) < 4.78 is 7.98. The molecule has 0 radical (unpaired) electrons. The fourth-order valence-electron chi connectivity index (χ4n) is 4.29. The highest BCUT2D eigenvalue weighted by atomic mass is 16.5. The number of pyridine rings is 1. The van der Waals surface area contributed by atoms with Gasteiger partial charge in [0.1, 0.15) is 5.75 Å². The minimum Gasteiger partial charge on any atom is -0.493 e. The Kier molecular flexibility index (Phi) is 6.01. The van der Waals surface area contributed by atoms with Crippen molar-refractivity contribution in [3.63, 3.8) is 0 Å². The molecular weight excluding hydrogens is 410 g/mol. The number of hydrogen-bond donors (Lipinski definition) is 2. The average Bonchev–Trinajstić information content (AvgIpc) is 3.06. The summed E-state index contributed by atoms with van der Waals surface area (Å²) in [5.41, 5.74) is 7.86. The van der Waals surface area contributed by atoms with E-state index >= 15 is 0 Å². The highest BCUT2D eigenvalue weighted by molar-refractivity contribution is 5.82. The van der Waals surface area contributed by atoms with Crippen LogP contribution in [-0.2, 0) is 12.8 Å². The third-order valence-corrected chi connectivity index (χ3v) is 5.96. The van der Waals surface area contributed by atoms with Gasteiger partial charge in [-0.1, -0.05) is 31.5 Å². The van der Waals surface area contributed by atoms with Crippen LogP contribution in [0.1, 0.15) is 30.5 Å². The smallest absolute Gasteiger partial charge is 0.247 e. The van der Waals surface area contributed by atoms with Crippen LogP contribution >= 0.6 is 0 Å². The van der Waals surface area contributed by atoms with Crippen LogP contribution in [-0.4, -0.2) is 34.3 Å². The van der Waals surface area contributed by atoms with Crippen LogP contribution < -0.4 is 15.4 Å². The highest BCUT2D eigenvalue weighted by Gasteiger charge is 2.15. The van der Waals surface area contributed by atoms with Gasteiger partial charge < -0.3 is 15.4 Å². The second-order valence-corrected chi connectivity index (χ2v) is 9.19. The van der Waals surface area contributed by atoms with E-state index in [4.69, 9.17) is 14.8 Å². The Morgan fingerprint density at radius 3 is 2.73 bits per heavy atom. The van der Waals surface area contributed by atoms with E-state index in [1.807, 2.05) is 16.8 Å². The van der Waals surface area contributed by atoms with E-state index in [-0.39, 0.29) is 0 Å². The zero-order valence-electron chi connectivity index (χ0n) is 19.6. The van der Waals surface area contributed by atoms with Gasteiger partial charge in [-0.15, -0.1) is 5.10 Å². The fourth-order valence-corrected chi connectivity index (χ4v) is 4.29. The van der Waals surface area contributed by atoms with Gasteiger partial charge in [0.2, 0.25) is 5.95 Å². The molecule has 2 aromatic carbocycles. The van der Waals surface area contributed by atoms with Gasteiger partial charge in [0.15, 0.2) is 5.65 Å². The van der Waals surface area contributed by atoms with Crippen LogP contribution in [0.4, 0.5) is 11.6 Å². The standard InChI is InChI=1S/C27H31N5O/c1-18(2)17-33-25-9-6-19(3)15-24(25)23-5-4-14-32-26(23)30-27(31-32)29-22-8-7-20-10-12-28-13-11-21(20)16-22/h4-9,14-16,18,28H,10-13,17H2,1-3H3,(H,29,31). The Balaban J connectivity index is 1.49. The zero-order valence-corrected chi connectivity index (χ0v) is 19.6. The molecule has 5 rings (SSSR count). The van der Waals surface area contributed by atoms with Crippen LogP contribution in [0.2, 0.25) is 0 Å². The molecule has 2 aromatic heterocycles. The average molecular weight is 442 g/mol. The first-order valence-electron chi connectivity index (χ1n) is 11.8. The van der Waals surface area contributed by atoms with E-state index in [0.717, 1.165) is 54.1 Å². The van der Waals surface area contributed by atoms with Gasteiger partial charge in [-0.25, -0.2) is 4.52 Å². The van der Waals surface area contributed by atoms with Crippen molar-refractivity contribution in [2.45, 2.75) is 33.6 Å². The molecule has 1 aliphatic heterocycles. The largest absolute Gasteiger partial charge is 0.493 e. The van der Waals surface area contributed by atoms with Gasteiger partial charge in [-0.05, 0) is 86.3 Å². The number of aryl methyl sites for hydroxylation is 1. The van der Waals surface area contributed by atoms with Gasteiger partial charge in [0, 0.05) is 23.0 Å². The van der Waals surface area contributed by atoms with E-state index in [9.17, 15) is 0 Å². The number of hydrogen-bond acceptors (Lipinski definition) is 5. The minimum absolute atomic E-state index is 0.454. The SMILES string of the molecule is Cc1ccc(OCC(C)C)c(-c2cccn3nc(Nc4ccc5c(c4)CCNCC5)nc23)c1. The number of nitrogens with zero attached hydrogens (tertiary/aromatic N) is 3. The van der Waals surface area contributed by atoms with Crippen molar-refractivity contribution in [3.8, 4) is 16.9 Å². The van der Waals surface area contributed by atoms with E-state index in [2.05, 4.69) is 73.9 Å². The Bertz CT molecular complexity index is 1280. The molecule has 33 heavy (non-hydrogen) atoms. The van der Waals surface area contributed by atoms with Crippen LogP contribution in [0.5, 0.6) is 5.75 Å². The monoisotopic (exact) mass is 441 g/mol. The van der Waals surface area contributed by atoms with Crippen molar-refractivity contribution in [1.29, 1.82) is 0 Å². The van der Waals surface area contributed by atoms with E-state index in [1.165, 1.54) is 16.7 Å². The van der Waals surface area contributed by atoms with E-state index in [0.29, 0.717) is 18.5 Å². The molecule has 0 amide bonds. The molecule has 0 fully saturated rings. The van der Waals surface area contributed by atoms with Crippen LogP contribution in [0.15, 0.2) is 54.7 Å². The van der Waals surface area contributed by atoms with Crippen LogP contribution in [0, 0.1) is 12.8 Å². The summed E-state index contributed by atoms with van der Waals surface area (Å²) in [6.45, 7) is 9.14. The summed E-state index contributed by atoms with van der Waals surface area (Å²) in [5, 5.41) is 11.6. The summed E-state index contributed by atoms with van der Waals surface area (Å²) >= 11 is 0. The summed E-state index contributed by atoms with van der Waals surface area (Å²) in [4.78, 5) is 4.85. The second-order valence-electron chi connectivity index (χ2n) is 9.19. The van der Waals surface area contributed by atoms with Crippen molar-refractivity contribution in [2.24, 2.45) is 5.92 Å². The molecular formula is C27H31N5O. The number of aromatic nitrogens is 3. The molecule has 3 heterocycles. The molecule has 1 aliphatic rings. The van der Waals surface area contributed by atoms with Crippen LogP contribution in [0.3, 0.4) is 0 Å². The van der Waals surface area contributed by atoms with Crippen molar-refractivity contribution in [1.82, 2.24) is 19.9 Å². The molecule has 6 heteroatoms. The summed E-state index contributed by atoms with van der Waals surface area (Å²) in [5.74, 6) is 1.92. The molecule has 0 saturated heterocycles. The number of benzene rings is 2. The maximum Gasteiger partial charge on any atom is 0.247 e. The van der Waals surface area contributed by atoms with Crippen molar-refractivity contribution in [2.75, 3.05) is 25.0 Å². The molecule has 0 spiro atoms. The Morgan fingerprint density at radius 2 is 1.88 bits per heavy atom. The summed E-state index contributed by atoms with van der Waals surface area (Å²) in [6, 6.07) is 17.0. The quantitative estimate of drug-likeness (QED) is 0.432. The van der Waals surface area contributed by atoms with Crippen LogP contribution in [0.25, 0.3) is 16.8 Å². The Morgan fingerprint density at radius 1 is 1.03 bits per heavy atom.